The summed E-state index contributed by atoms with van der Waals surface area (Å²) < 4.78 is 3.50. The van der Waals surface area contributed by atoms with Crippen LogP contribution in [0.5, 0.6) is 0 Å². The van der Waals surface area contributed by atoms with E-state index < -0.39 is 0 Å². The lowest BCUT2D eigenvalue weighted by atomic mass is 10.0. The molecule has 3 aromatic carbocycles. The molecule has 0 spiro atoms. The molecule has 0 aliphatic rings. The van der Waals surface area contributed by atoms with Crippen LogP contribution in [-0.4, -0.2) is 31.6 Å². The molecule has 2 heterocycles. The number of aryl methyl sites for hydroxylation is 1. The summed E-state index contributed by atoms with van der Waals surface area (Å²) >= 11 is 6.03. The standard InChI is InChI=1S/C28H26ClN5O2/c1-19(21-7-3-2-4-8-21)17-30-26(35)16-15-25-31-32-28-33(18-20-11-13-22(29)14-12-20)27(36)23-9-5-6-10-24(23)34(25)28/h2-14,19H,15-18H2,1H3,(H,30,35)/t19-/m1/s1. The van der Waals surface area contributed by atoms with Gasteiger partial charge in [0.2, 0.25) is 11.7 Å². The molecule has 1 amide bonds. The number of para-hydroxylation sites is 1. The Hall–Kier alpha value is -3.97. The first-order valence-corrected chi connectivity index (χ1v) is 12.3. The van der Waals surface area contributed by atoms with Gasteiger partial charge in [0, 0.05) is 24.4 Å². The molecular weight excluding hydrogens is 474 g/mol. The van der Waals surface area contributed by atoms with E-state index in [-0.39, 0.29) is 23.8 Å². The van der Waals surface area contributed by atoms with Crippen LogP contribution in [0.25, 0.3) is 16.7 Å². The molecule has 0 fully saturated rings. The maximum absolute atomic E-state index is 13.3. The number of rotatable bonds is 8. The van der Waals surface area contributed by atoms with Crippen LogP contribution in [0.15, 0.2) is 83.7 Å². The highest BCUT2D eigenvalue weighted by Crippen LogP contribution is 2.18. The summed E-state index contributed by atoms with van der Waals surface area (Å²) in [4.78, 5) is 26.0. The number of carbonyl (C=O) groups is 1. The second-order valence-electron chi connectivity index (χ2n) is 8.90. The largest absolute Gasteiger partial charge is 0.355 e. The second kappa shape index (κ2) is 10.3. The molecule has 2 aromatic heterocycles. The minimum Gasteiger partial charge on any atom is -0.355 e. The van der Waals surface area contributed by atoms with Crippen molar-refractivity contribution in [3.63, 3.8) is 0 Å². The van der Waals surface area contributed by atoms with Gasteiger partial charge in [0.15, 0.2) is 0 Å². The third-order valence-electron chi connectivity index (χ3n) is 6.38. The summed E-state index contributed by atoms with van der Waals surface area (Å²) in [7, 11) is 0. The molecule has 36 heavy (non-hydrogen) atoms. The molecule has 1 atom stereocenters. The SMILES string of the molecule is C[C@H](CNC(=O)CCc1nnc2n(Cc3ccc(Cl)cc3)c(=O)c3ccccc3n12)c1ccccc1. The Balaban J connectivity index is 1.39. The van der Waals surface area contributed by atoms with Crippen LogP contribution in [-0.2, 0) is 17.8 Å². The first-order valence-electron chi connectivity index (χ1n) is 11.9. The van der Waals surface area contributed by atoms with Crippen LogP contribution in [0.3, 0.4) is 0 Å². The predicted octanol–water partition coefficient (Wildman–Crippen LogP) is 4.60. The van der Waals surface area contributed by atoms with Gasteiger partial charge in [-0.05, 0) is 41.3 Å². The molecular formula is C28H26ClN5O2. The summed E-state index contributed by atoms with van der Waals surface area (Å²) in [5.74, 6) is 1.25. The van der Waals surface area contributed by atoms with Crippen LogP contribution in [0, 0.1) is 0 Å². The van der Waals surface area contributed by atoms with Crippen molar-refractivity contribution in [2.75, 3.05) is 6.54 Å². The summed E-state index contributed by atoms with van der Waals surface area (Å²) in [6.07, 6.45) is 0.669. The van der Waals surface area contributed by atoms with Crippen molar-refractivity contribution in [1.82, 2.24) is 24.5 Å². The van der Waals surface area contributed by atoms with Gasteiger partial charge in [-0.1, -0.05) is 73.1 Å². The number of hydrogen-bond donors (Lipinski definition) is 1. The van der Waals surface area contributed by atoms with E-state index in [9.17, 15) is 9.59 Å². The molecule has 0 saturated heterocycles. The smallest absolute Gasteiger partial charge is 0.263 e. The number of nitrogens with one attached hydrogen (secondary N) is 1. The van der Waals surface area contributed by atoms with Crippen molar-refractivity contribution in [2.24, 2.45) is 0 Å². The molecule has 0 bridgehead atoms. The summed E-state index contributed by atoms with van der Waals surface area (Å²) in [6.45, 7) is 2.99. The van der Waals surface area contributed by atoms with E-state index in [4.69, 9.17) is 11.6 Å². The zero-order chi connectivity index (χ0) is 25.1. The molecule has 182 valence electrons. The van der Waals surface area contributed by atoms with Gasteiger partial charge < -0.3 is 5.32 Å². The lowest BCUT2D eigenvalue weighted by Crippen LogP contribution is -2.28. The maximum atomic E-state index is 13.3. The number of aromatic nitrogens is 4. The molecule has 8 heteroatoms. The van der Waals surface area contributed by atoms with Crippen LogP contribution in [0.4, 0.5) is 0 Å². The Morgan fingerprint density at radius 2 is 1.69 bits per heavy atom. The van der Waals surface area contributed by atoms with Crippen molar-refractivity contribution < 1.29 is 4.79 Å². The van der Waals surface area contributed by atoms with E-state index in [0.29, 0.717) is 41.5 Å². The molecule has 0 unspecified atom stereocenters. The first kappa shape index (κ1) is 23.8. The molecule has 5 rings (SSSR count). The van der Waals surface area contributed by atoms with Crippen LogP contribution >= 0.6 is 11.6 Å². The average molecular weight is 500 g/mol. The van der Waals surface area contributed by atoms with Crippen molar-refractivity contribution in [3.05, 3.63) is 111 Å². The molecule has 0 aliphatic carbocycles. The lowest BCUT2D eigenvalue weighted by Gasteiger charge is -2.13. The summed E-state index contributed by atoms with van der Waals surface area (Å²) in [5.41, 5.74) is 2.70. The Labute approximate surface area is 213 Å². The normalized spacial score (nSPS) is 12.2. The molecule has 0 saturated carbocycles. The molecule has 0 aliphatic heterocycles. The Bertz CT molecular complexity index is 1580. The summed E-state index contributed by atoms with van der Waals surface area (Å²) in [6, 6.07) is 24.9. The number of hydrogen-bond acceptors (Lipinski definition) is 4. The first-order chi connectivity index (χ1) is 17.5. The van der Waals surface area contributed by atoms with Gasteiger partial charge in [-0.2, -0.15) is 0 Å². The molecule has 7 nitrogen and oxygen atoms in total. The number of nitrogens with zero attached hydrogens (tertiary/aromatic N) is 4. The molecule has 0 radical (unpaired) electrons. The van der Waals surface area contributed by atoms with Gasteiger partial charge in [-0.15, -0.1) is 10.2 Å². The minimum absolute atomic E-state index is 0.0478. The van der Waals surface area contributed by atoms with E-state index in [2.05, 4.69) is 34.6 Å². The van der Waals surface area contributed by atoms with Gasteiger partial charge in [0.05, 0.1) is 17.4 Å². The van der Waals surface area contributed by atoms with Gasteiger partial charge >= 0.3 is 0 Å². The zero-order valence-corrected chi connectivity index (χ0v) is 20.7. The molecule has 5 aromatic rings. The predicted molar refractivity (Wildman–Crippen MR) is 141 cm³/mol. The highest BCUT2D eigenvalue weighted by molar-refractivity contribution is 6.30. The number of halogens is 1. The lowest BCUT2D eigenvalue weighted by molar-refractivity contribution is -0.121. The van der Waals surface area contributed by atoms with Crippen molar-refractivity contribution in [1.29, 1.82) is 0 Å². The third kappa shape index (κ3) is 4.88. The average Bonchev–Trinajstić information content (AvgIpc) is 3.34. The number of amides is 1. The van der Waals surface area contributed by atoms with E-state index in [1.54, 1.807) is 22.8 Å². The quantitative estimate of drug-likeness (QED) is 0.338. The van der Waals surface area contributed by atoms with E-state index in [1.807, 2.05) is 52.9 Å². The fourth-order valence-electron chi connectivity index (χ4n) is 4.37. The minimum atomic E-state index is -0.139. The third-order valence-corrected chi connectivity index (χ3v) is 6.63. The highest BCUT2D eigenvalue weighted by Gasteiger charge is 2.17. The van der Waals surface area contributed by atoms with Crippen molar-refractivity contribution in [3.8, 4) is 0 Å². The van der Waals surface area contributed by atoms with Gasteiger partial charge in [-0.3, -0.25) is 18.6 Å². The van der Waals surface area contributed by atoms with Gasteiger partial charge in [0.25, 0.3) is 5.56 Å². The van der Waals surface area contributed by atoms with E-state index in [1.165, 1.54) is 5.56 Å². The van der Waals surface area contributed by atoms with Crippen LogP contribution in [0.2, 0.25) is 5.02 Å². The topological polar surface area (TPSA) is 81.3 Å². The van der Waals surface area contributed by atoms with E-state index >= 15 is 0 Å². The Kier molecular flexibility index (Phi) is 6.82. The fraction of sp³-hybridized carbons (Fsp3) is 0.214. The van der Waals surface area contributed by atoms with Crippen LogP contribution < -0.4 is 10.9 Å². The Morgan fingerprint density at radius 1 is 0.972 bits per heavy atom. The molecule has 1 N–H and O–H groups in total. The number of carbonyl (C=O) groups excluding carboxylic acids is 1. The number of fused-ring (bicyclic) bond motifs is 3. The zero-order valence-electron chi connectivity index (χ0n) is 19.9. The monoisotopic (exact) mass is 499 g/mol. The fourth-order valence-corrected chi connectivity index (χ4v) is 4.50. The van der Waals surface area contributed by atoms with Gasteiger partial charge in [-0.25, -0.2) is 0 Å². The highest BCUT2D eigenvalue weighted by atomic mass is 35.5. The van der Waals surface area contributed by atoms with Crippen molar-refractivity contribution >= 4 is 34.2 Å². The Morgan fingerprint density at radius 3 is 2.47 bits per heavy atom. The van der Waals surface area contributed by atoms with Gasteiger partial charge in [0.1, 0.15) is 5.82 Å². The number of benzene rings is 3. The van der Waals surface area contributed by atoms with Crippen molar-refractivity contribution in [2.45, 2.75) is 32.2 Å². The van der Waals surface area contributed by atoms with E-state index in [0.717, 1.165) is 11.1 Å². The van der Waals surface area contributed by atoms with Crippen LogP contribution in [0.1, 0.15) is 36.2 Å². The maximum Gasteiger partial charge on any atom is 0.263 e. The second-order valence-corrected chi connectivity index (χ2v) is 9.34. The summed E-state index contributed by atoms with van der Waals surface area (Å²) in [5, 5.41) is 13.0.